The third-order valence-electron chi connectivity index (χ3n) is 0.808. The first kappa shape index (κ1) is 11.4. The van der Waals surface area contributed by atoms with Gasteiger partial charge in [0.25, 0.3) is 0 Å². The molecule has 0 aliphatic carbocycles. The molecular formula is C6H14BrNO2S. The lowest BCUT2D eigenvalue weighted by Crippen LogP contribution is -2.41. The van der Waals surface area contributed by atoms with Crippen LogP contribution in [0.15, 0.2) is 0 Å². The molecule has 1 N–H and O–H groups in total. The minimum atomic E-state index is -3.09. The van der Waals surface area contributed by atoms with Crippen molar-refractivity contribution in [2.24, 2.45) is 0 Å². The van der Waals surface area contributed by atoms with Crippen LogP contribution in [0.5, 0.6) is 0 Å². The van der Waals surface area contributed by atoms with Gasteiger partial charge in [-0.1, -0.05) is 15.9 Å². The summed E-state index contributed by atoms with van der Waals surface area (Å²) in [6.45, 7) is 5.45. The van der Waals surface area contributed by atoms with Crippen LogP contribution in [-0.2, 0) is 10.0 Å². The number of hydrogen-bond donors (Lipinski definition) is 1. The van der Waals surface area contributed by atoms with Gasteiger partial charge in [-0.3, -0.25) is 0 Å². The largest absolute Gasteiger partial charge is 0.212 e. The number of hydrogen-bond acceptors (Lipinski definition) is 2. The standard InChI is InChI=1S/C6H14BrNO2S/c1-6(2,3)8-11(9,10)5-4-7/h8H,4-5H2,1-3H3. The van der Waals surface area contributed by atoms with E-state index in [1.807, 2.05) is 20.8 Å². The molecule has 0 aromatic rings. The van der Waals surface area contributed by atoms with E-state index in [-0.39, 0.29) is 11.3 Å². The van der Waals surface area contributed by atoms with Crippen LogP contribution in [0.2, 0.25) is 0 Å². The molecule has 0 aromatic carbocycles. The molecule has 0 bridgehead atoms. The van der Waals surface area contributed by atoms with Crippen molar-refractivity contribution in [3.63, 3.8) is 0 Å². The van der Waals surface area contributed by atoms with E-state index >= 15 is 0 Å². The van der Waals surface area contributed by atoms with E-state index in [0.717, 1.165) is 0 Å². The van der Waals surface area contributed by atoms with Crippen LogP contribution in [0.4, 0.5) is 0 Å². The zero-order valence-electron chi connectivity index (χ0n) is 7.02. The van der Waals surface area contributed by atoms with Gasteiger partial charge in [-0.15, -0.1) is 0 Å². The Bertz CT molecular complexity index is 205. The van der Waals surface area contributed by atoms with Gasteiger partial charge >= 0.3 is 0 Å². The Labute approximate surface area is 76.7 Å². The lowest BCUT2D eigenvalue weighted by atomic mass is 10.1. The molecule has 0 spiro atoms. The fourth-order valence-corrected chi connectivity index (χ4v) is 3.14. The molecule has 0 radical (unpaired) electrons. The second-order valence-electron chi connectivity index (χ2n) is 3.36. The Balaban J connectivity index is 4.15. The summed E-state index contributed by atoms with van der Waals surface area (Å²) in [5.41, 5.74) is -0.374. The van der Waals surface area contributed by atoms with Crippen molar-refractivity contribution in [1.29, 1.82) is 0 Å². The maximum Gasteiger partial charge on any atom is 0.212 e. The lowest BCUT2D eigenvalue weighted by Gasteiger charge is -2.19. The minimum absolute atomic E-state index is 0.129. The monoisotopic (exact) mass is 243 g/mol. The molecule has 0 unspecified atom stereocenters. The van der Waals surface area contributed by atoms with Crippen molar-refractivity contribution >= 4 is 26.0 Å². The highest BCUT2D eigenvalue weighted by Crippen LogP contribution is 2.02. The molecule has 3 nitrogen and oxygen atoms in total. The van der Waals surface area contributed by atoms with E-state index in [1.165, 1.54) is 0 Å². The van der Waals surface area contributed by atoms with Crippen LogP contribution in [0, 0.1) is 0 Å². The summed E-state index contributed by atoms with van der Waals surface area (Å²) in [4.78, 5) is 0. The summed E-state index contributed by atoms with van der Waals surface area (Å²) in [7, 11) is -3.09. The minimum Gasteiger partial charge on any atom is -0.212 e. The third kappa shape index (κ3) is 6.77. The molecule has 0 saturated carbocycles. The topological polar surface area (TPSA) is 46.2 Å². The van der Waals surface area contributed by atoms with E-state index in [0.29, 0.717) is 5.33 Å². The van der Waals surface area contributed by atoms with E-state index < -0.39 is 10.0 Å². The Morgan fingerprint density at radius 1 is 1.36 bits per heavy atom. The molecule has 0 atom stereocenters. The Hall–Kier alpha value is 0.390. The molecule has 0 amide bonds. The Morgan fingerprint density at radius 3 is 2.09 bits per heavy atom. The van der Waals surface area contributed by atoms with Gasteiger partial charge in [-0.05, 0) is 20.8 Å². The van der Waals surface area contributed by atoms with Crippen molar-refractivity contribution < 1.29 is 8.42 Å². The highest BCUT2D eigenvalue weighted by molar-refractivity contribution is 9.09. The summed E-state index contributed by atoms with van der Waals surface area (Å²) in [5.74, 6) is 0.129. The van der Waals surface area contributed by atoms with Gasteiger partial charge in [0.05, 0.1) is 5.75 Å². The first-order chi connectivity index (χ1) is 4.77. The van der Waals surface area contributed by atoms with Crippen molar-refractivity contribution in [2.75, 3.05) is 11.1 Å². The fourth-order valence-electron chi connectivity index (χ4n) is 0.619. The second-order valence-corrected chi connectivity index (χ2v) is 5.99. The zero-order valence-corrected chi connectivity index (χ0v) is 9.42. The van der Waals surface area contributed by atoms with E-state index in [2.05, 4.69) is 20.7 Å². The smallest absolute Gasteiger partial charge is 0.212 e. The molecule has 0 aliphatic rings. The van der Waals surface area contributed by atoms with Gasteiger partial charge in [0.2, 0.25) is 10.0 Å². The SMILES string of the molecule is CC(C)(C)NS(=O)(=O)CCBr. The number of rotatable bonds is 3. The van der Waals surface area contributed by atoms with Crippen LogP contribution in [0.3, 0.4) is 0 Å². The molecule has 68 valence electrons. The molecule has 0 fully saturated rings. The molecule has 0 aromatic heterocycles. The quantitative estimate of drug-likeness (QED) is 0.755. The first-order valence-corrected chi connectivity index (χ1v) is 6.12. The van der Waals surface area contributed by atoms with Gasteiger partial charge in [0.15, 0.2) is 0 Å². The second kappa shape index (κ2) is 3.87. The van der Waals surface area contributed by atoms with Gasteiger partial charge in [-0.2, -0.15) is 0 Å². The van der Waals surface area contributed by atoms with Crippen molar-refractivity contribution in [2.45, 2.75) is 26.3 Å². The molecular weight excluding hydrogens is 230 g/mol. The van der Waals surface area contributed by atoms with E-state index in [9.17, 15) is 8.42 Å². The van der Waals surface area contributed by atoms with E-state index in [4.69, 9.17) is 0 Å². The lowest BCUT2D eigenvalue weighted by molar-refractivity contribution is 0.492. The highest BCUT2D eigenvalue weighted by Gasteiger charge is 2.18. The first-order valence-electron chi connectivity index (χ1n) is 3.34. The molecule has 0 saturated heterocycles. The predicted molar refractivity (Wildman–Crippen MR) is 50.5 cm³/mol. The summed E-state index contributed by atoms with van der Waals surface area (Å²) in [6.07, 6.45) is 0. The summed E-state index contributed by atoms with van der Waals surface area (Å²) < 4.78 is 24.7. The molecule has 0 rings (SSSR count). The van der Waals surface area contributed by atoms with Crippen LogP contribution < -0.4 is 4.72 Å². The van der Waals surface area contributed by atoms with Gasteiger partial charge in [0, 0.05) is 10.9 Å². The maximum absolute atomic E-state index is 11.1. The van der Waals surface area contributed by atoms with Crippen LogP contribution >= 0.6 is 15.9 Å². The van der Waals surface area contributed by atoms with Crippen molar-refractivity contribution in [3.8, 4) is 0 Å². The van der Waals surface area contributed by atoms with Crippen LogP contribution in [0.25, 0.3) is 0 Å². The van der Waals surface area contributed by atoms with Crippen molar-refractivity contribution in [1.82, 2.24) is 4.72 Å². The average Bonchev–Trinajstić information content (AvgIpc) is 1.55. The highest BCUT2D eigenvalue weighted by atomic mass is 79.9. The summed E-state index contributed by atoms with van der Waals surface area (Å²) >= 11 is 3.07. The molecule has 0 heterocycles. The Morgan fingerprint density at radius 2 is 1.82 bits per heavy atom. The fraction of sp³-hybridized carbons (Fsp3) is 1.00. The van der Waals surface area contributed by atoms with Crippen molar-refractivity contribution in [3.05, 3.63) is 0 Å². The average molecular weight is 244 g/mol. The normalized spacial score (nSPS) is 13.5. The number of sulfonamides is 1. The number of halogens is 1. The number of nitrogens with one attached hydrogen (secondary N) is 1. The summed E-state index contributed by atoms with van der Waals surface area (Å²) in [6, 6.07) is 0. The van der Waals surface area contributed by atoms with Gasteiger partial charge in [-0.25, -0.2) is 13.1 Å². The van der Waals surface area contributed by atoms with Crippen LogP contribution in [0.1, 0.15) is 20.8 Å². The molecule has 5 heteroatoms. The number of alkyl halides is 1. The summed E-state index contributed by atoms with van der Waals surface area (Å²) in [5, 5.41) is 0.471. The van der Waals surface area contributed by atoms with E-state index in [1.54, 1.807) is 0 Å². The predicted octanol–water partition coefficient (Wildman–Crippen LogP) is 1.10. The van der Waals surface area contributed by atoms with Crippen LogP contribution in [-0.4, -0.2) is 25.0 Å². The molecule has 0 aliphatic heterocycles. The molecule has 11 heavy (non-hydrogen) atoms. The maximum atomic E-state index is 11.1. The van der Waals surface area contributed by atoms with Gasteiger partial charge < -0.3 is 0 Å². The van der Waals surface area contributed by atoms with Gasteiger partial charge in [0.1, 0.15) is 0 Å². The Kier molecular flexibility index (Phi) is 4.00. The third-order valence-corrected chi connectivity index (χ3v) is 3.39. The zero-order chi connectivity index (χ0) is 9.12.